The van der Waals surface area contributed by atoms with Crippen LogP contribution < -0.4 is 0 Å². The van der Waals surface area contributed by atoms with E-state index in [0.29, 0.717) is 24.9 Å². The Morgan fingerprint density at radius 2 is 2.00 bits per heavy atom. The highest BCUT2D eigenvalue weighted by atomic mass is 32.2. The van der Waals surface area contributed by atoms with Crippen LogP contribution in [0.2, 0.25) is 0 Å². The molecule has 0 saturated carbocycles. The highest BCUT2D eigenvalue weighted by molar-refractivity contribution is 7.89. The van der Waals surface area contributed by atoms with Crippen LogP contribution in [0.1, 0.15) is 25.3 Å². The Morgan fingerprint density at radius 3 is 2.53 bits per heavy atom. The minimum atomic E-state index is -3.59. The second-order valence-electron chi connectivity index (χ2n) is 5.08. The van der Waals surface area contributed by atoms with Crippen LogP contribution in [0.3, 0.4) is 0 Å². The molecule has 0 aliphatic carbocycles. The van der Waals surface area contributed by atoms with Gasteiger partial charge in [-0.25, -0.2) is 8.42 Å². The third kappa shape index (κ3) is 2.95. The van der Waals surface area contributed by atoms with Gasteiger partial charge in [-0.15, -0.1) is 0 Å². The van der Waals surface area contributed by atoms with Gasteiger partial charge in [0, 0.05) is 13.1 Å². The molecular weight excluding hydrogens is 264 g/mol. The summed E-state index contributed by atoms with van der Waals surface area (Å²) < 4.78 is 26.1. The molecule has 1 heterocycles. The van der Waals surface area contributed by atoms with Gasteiger partial charge in [-0.05, 0) is 44.0 Å². The van der Waals surface area contributed by atoms with Gasteiger partial charge in [-0.3, -0.25) is 0 Å². The Kier molecular flexibility index (Phi) is 3.63. The summed E-state index contributed by atoms with van der Waals surface area (Å²) in [6.07, 6.45) is 1.24. The number of sulfonamides is 1. The monoisotopic (exact) mass is 280 g/mol. The maximum atomic E-state index is 12.4. The predicted octanol–water partition coefficient (Wildman–Crippen LogP) is 1.09. The maximum Gasteiger partial charge on any atom is 0.243 e. The minimum Gasteiger partial charge on any atom is -0.389 e. The van der Waals surface area contributed by atoms with Crippen molar-refractivity contribution in [2.75, 3.05) is 13.1 Å². The van der Waals surface area contributed by atoms with E-state index in [0.717, 1.165) is 0 Å². The van der Waals surface area contributed by atoms with Crippen LogP contribution >= 0.6 is 0 Å². The second-order valence-corrected chi connectivity index (χ2v) is 7.01. The molecule has 1 atom stereocenters. The number of hydrogen-bond donors (Lipinski definition) is 1. The molecule has 1 saturated heterocycles. The molecule has 1 aromatic rings. The Labute approximate surface area is 113 Å². The largest absolute Gasteiger partial charge is 0.389 e. The van der Waals surface area contributed by atoms with Crippen molar-refractivity contribution < 1.29 is 13.5 Å². The number of piperidine rings is 1. The third-order valence-corrected chi connectivity index (χ3v) is 5.12. The average Bonchev–Trinajstić information content (AvgIpc) is 2.37. The Hall–Kier alpha value is -1.42. The Balaban J connectivity index is 2.29. The van der Waals surface area contributed by atoms with Gasteiger partial charge in [-0.2, -0.15) is 9.57 Å². The van der Waals surface area contributed by atoms with Gasteiger partial charge in [0.15, 0.2) is 0 Å². The molecule has 1 aromatic carbocycles. The van der Waals surface area contributed by atoms with Crippen LogP contribution in [0.25, 0.3) is 0 Å². The molecule has 2 rings (SSSR count). The van der Waals surface area contributed by atoms with Crippen molar-refractivity contribution in [3.63, 3.8) is 0 Å². The van der Waals surface area contributed by atoms with E-state index in [1.165, 1.54) is 28.6 Å². The van der Waals surface area contributed by atoms with Crippen molar-refractivity contribution in [1.29, 1.82) is 5.26 Å². The fourth-order valence-electron chi connectivity index (χ4n) is 2.23. The van der Waals surface area contributed by atoms with E-state index in [9.17, 15) is 13.5 Å². The number of aliphatic hydroxyl groups is 1. The summed E-state index contributed by atoms with van der Waals surface area (Å²) in [6, 6.07) is 7.77. The quantitative estimate of drug-likeness (QED) is 0.879. The Bertz CT molecular complexity index is 600. The standard InChI is InChI=1S/C13H16N2O3S/c1-13(16)7-2-8-15(10-13)19(17,18)12-5-3-11(9-14)4-6-12/h3-6,16H,2,7-8,10H2,1H3. The third-order valence-electron chi connectivity index (χ3n) is 3.26. The van der Waals surface area contributed by atoms with Gasteiger partial charge < -0.3 is 5.11 Å². The summed E-state index contributed by atoms with van der Waals surface area (Å²) in [4.78, 5) is 0.157. The summed E-state index contributed by atoms with van der Waals surface area (Å²) in [5.41, 5.74) is -0.553. The zero-order valence-corrected chi connectivity index (χ0v) is 11.5. The number of β-amino-alcohol motifs (C(OH)–C–C–N with tert-alkyl or cyclic N) is 1. The van der Waals surface area contributed by atoms with E-state index in [4.69, 9.17) is 5.26 Å². The lowest BCUT2D eigenvalue weighted by Crippen LogP contribution is -2.48. The van der Waals surface area contributed by atoms with E-state index < -0.39 is 15.6 Å². The maximum absolute atomic E-state index is 12.4. The molecular formula is C13H16N2O3S. The summed E-state index contributed by atoms with van der Waals surface area (Å²) >= 11 is 0. The van der Waals surface area contributed by atoms with Crippen LogP contribution in [0, 0.1) is 11.3 Å². The van der Waals surface area contributed by atoms with Crippen molar-refractivity contribution >= 4 is 10.0 Å². The smallest absolute Gasteiger partial charge is 0.243 e. The first-order chi connectivity index (χ1) is 8.85. The molecule has 1 fully saturated rings. The summed E-state index contributed by atoms with van der Waals surface area (Å²) in [5.74, 6) is 0. The van der Waals surface area contributed by atoms with Crippen LogP contribution in [0.5, 0.6) is 0 Å². The highest BCUT2D eigenvalue weighted by Gasteiger charge is 2.35. The topological polar surface area (TPSA) is 81.4 Å². The molecule has 6 heteroatoms. The first-order valence-corrected chi connectivity index (χ1v) is 7.52. The fraction of sp³-hybridized carbons (Fsp3) is 0.462. The fourth-order valence-corrected chi connectivity index (χ4v) is 3.83. The van der Waals surface area contributed by atoms with Gasteiger partial charge in [0.1, 0.15) is 0 Å². The number of benzene rings is 1. The second kappa shape index (κ2) is 4.93. The summed E-state index contributed by atoms with van der Waals surface area (Å²) in [7, 11) is -3.59. The SMILES string of the molecule is CC1(O)CCCN(S(=O)(=O)c2ccc(C#N)cc2)C1. The molecule has 5 nitrogen and oxygen atoms in total. The van der Waals surface area contributed by atoms with Crippen LogP contribution in [0.15, 0.2) is 29.2 Å². The Morgan fingerprint density at radius 1 is 1.37 bits per heavy atom. The zero-order valence-electron chi connectivity index (χ0n) is 10.7. The average molecular weight is 280 g/mol. The highest BCUT2D eigenvalue weighted by Crippen LogP contribution is 2.26. The van der Waals surface area contributed by atoms with Crippen molar-refractivity contribution in [1.82, 2.24) is 4.31 Å². The normalized spacial score (nSPS) is 24.9. The lowest BCUT2D eigenvalue weighted by molar-refractivity contribution is 0.00940. The van der Waals surface area contributed by atoms with E-state index in [-0.39, 0.29) is 11.4 Å². The van der Waals surface area contributed by atoms with Gasteiger partial charge in [0.25, 0.3) is 0 Å². The summed E-state index contributed by atoms with van der Waals surface area (Å²) in [6.45, 7) is 2.17. The van der Waals surface area contributed by atoms with Crippen molar-refractivity contribution in [2.45, 2.75) is 30.3 Å². The van der Waals surface area contributed by atoms with Gasteiger partial charge in [0.2, 0.25) is 10.0 Å². The van der Waals surface area contributed by atoms with Crippen molar-refractivity contribution in [3.8, 4) is 6.07 Å². The molecule has 0 radical (unpaired) electrons. The molecule has 1 aliphatic heterocycles. The molecule has 0 aromatic heterocycles. The van der Waals surface area contributed by atoms with Crippen LogP contribution in [-0.2, 0) is 10.0 Å². The molecule has 1 aliphatic rings. The minimum absolute atomic E-state index is 0.106. The molecule has 102 valence electrons. The number of nitriles is 1. The zero-order chi connectivity index (χ0) is 14.1. The molecule has 0 bridgehead atoms. The van der Waals surface area contributed by atoms with E-state index in [1.54, 1.807) is 6.92 Å². The number of hydrogen-bond acceptors (Lipinski definition) is 4. The van der Waals surface area contributed by atoms with Crippen LogP contribution in [-0.4, -0.2) is 36.5 Å². The lowest BCUT2D eigenvalue weighted by Gasteiger charge is -2.35. The molecule has 1 N–H and O–H groups in total. The van der Waals surface area contributed by atoms with Gasteiger partial charge >= 0.3 is 0 Å². The predicted molar refractivity (Wildman–Crippen MR) is 69.8 cm³/mol. The first kappa shape index (κ1) is 14.0. The van der Waals surface area contributed by atoms with E-state index in [1.807, 2.05) is 6.07 Å². The number of rotatable bonds is 2. The molecule has 19 heavy (non-hydrogen) atoms. The van der Waals surface area contributed by atoms with Gasteiger partial charge in [-0.1, -0.05) is 0 Å². The van der Waals surface area contributed by atoms with Gasteiger partial charge in [0.05, 0.1) is 22.1 Å². The molecule has 0 amide bonds. The molecule has 0 spiro atoms. The van der Waals surface area contributed by atoms with E-state index >= 15 is 0 Å². The van der Waals surface area contributed by atoms with Crippen molar-refractivity contribution in [2.24, 2.45) is 0 Å². The molecule has 1 unspecified atom stereocenters. The van der Waals surface area contributed by atoms with E-state index in [2.05, 4.69) is 0 Å². The van der Waals surface area contributed by atoms with Crippen molar-refractivity contribution in [3.05, 3.63) is 29.8 Å². The summed E-state index contributed by atoms with van der Waals surface area (Å²) in [5, 5.41) is 18.7. The van der Waals surface area contributed by atoms with Crippen LogP contribution in [0.4, 0.5) is 0 Å². The first-order valence-electron chi connectivity index (χ1n) is 6.08. The lowest BCUT2D eigenvalue weighted by atomic mass is 9.97. The number of nitrogens with zero attached hydrogens (tertiary/aromatic N) is 2.